The van der Waals surface area contributed by atoms with E-state index in [1.807, 2.05) is 6.07 Å². The number of furan rings is 1. The molecule has 0 amide bonds. The zero-order valence-electron chi connectivity index (χ0n) is 10.9. The molecule has 1 aromatic heterocycles. The number of benzene rings is 1. The summed E-state index contributed by atoms with van der Waals surface area (Å²) in [6.45, 7) is 3.10. The lowest BCUT2D eigenvalue weighted by molar-refractivity contribution is 0.395. The molecule has 0 radical (unpaired) electrons. The van der Waals surface area contributed by atoms with Crippen LogP contribution in [0.4, 0.5) is 0 Å². The summed E-state index contributed by atoms with van der Waals surface area (Å²) in [5.74, 6) is 1.05. The number of rotatable bonds is 7. The van der Waals surface area contributed by atoms with Gasteiger partial charge in [-0.3, -0.25) is 0 Å². The fourth-order valence-electron chi connectivity index (χ4n) is 2.24. The second-order valence-corrected chi connectivity index (χ2v) is 4.50. The normalized spacial score (nSPS) is 12.5. The summed E-state index contributed by atoms with van der Waals surface area (Å²) < 4.78 is 5.49. The highest BCUT2D eigenvalue weighted by Crippen LogP contribution is 2.20. The van der Waals surface area contributed by atoms with Crippen LogP contribution in [0, 0.1) is 0 Å². The molecular weight excluding hydrogens is 222 g/mol. The summed E-state index contributed by atoms with van der Waals surface area (Å²) >= 11 is 0. The molecule has 2 rings (SSSR count). The number of hydrogen-bond acceptors (Lipinski definition) is 2. The summed E-state index contributed by atoms with van der Waals surface area (Å²) in [7, 11) is 0. The van der Waals surface area contributed by atoms with E-state index in [9.17, 15) is 0 Å². The number of hydrogen-bond donors (Lipinski definition) is 1. The molecule has 96 valence electrons. The van der Waals surface area contributed by atoms with E-state index in [4.69, 9.17) is 4.42 Å². The van der Waals surface area contributed by atoms with Crippen molar-refractivity contribution in [2.24, 2.45) is 0 Å². The molecule has 1 unspecified atom stereocenters. The van der Waals surface area contributed by atoms with Crippen LogP contribution in [0.15, 0.2) is 53.1 Å². The third-order valence-corrected chi connectivity index (χ3v) is 3.14. The van der Waals surface area contributed by atoms with Gasteiger partial charge in [0.15, 0.2) is 0 Å². The molecule has 0 aliphatic carbocycles. The molecule has 2 heteroatoms. The van der Waals surface area contributed by atoms with Gasteiger partial charge in [0.25, 0.3) is 0 Å². The first kappa shape index (κ1) is 12.9. The molecule has 1 N–H and O–H groups in total. The van der Waals surface area contributed by atoms with Gasteiger partial charge in [-0.1, -0.05) is 37.3 Å². The molecule has 1 aromatic carbocycles. The van der Waals surface area contributed by atoms with Crippen molar-refractivity contribution < 1.29 is 4.42 Å². The van der Waals surface area contributed by atoms with Gasteiger partial charge >= 0.3 is 0 Å². The standard InChI is InChI=1S/C16H21NO/c1-2-17-15(16-12-7-13-18-16)11-6-10-14-8-4-3-5-9-14/h3-5,7-9,12-13,15,17H,2,6,10-11H2,1H3. The fraction of sp³-hybridized carbons (Fsp3) is 0.375. The minimum atomic E-state index is 0.341. The lowest BCUT2D eigenvalue weighted by Crippen LogP contribution is -2.20. The largest absolute Gasteiger partial charge is 0.468 e. The molecule has 2 nitrogen and oxygen atoms in total. The summed E-state index contributed by atoms with van der Waals surface area (Å²) in [5.41, 5.74) is 1.41. The van der Waals surface area contributed by atoms with Crippen molar-refractivity contribution in [2.75, 3.05) is 6.54 Å². The van der Waals surface area contributed by atoms with Crippen molar-refractivity contribution in [3.8, 4) is 0 Å². The van der Waals surface area contributed by atoms with Gasteiger partial charge in [0.05, 0.1) is 12.3 Å². The van der Waals surface area contributed by atoms with E-state index < -0.39 is 0 Å². The Bertz CT molecular complexity index is 422. The Labute approximate surface area is 109 Å². The summed E-state index contributed by atoms with van der Waals surface area (Å²) in [5, 5.41) is 3.48. The maximum absolute atomic E-state index is 5.49. The predicted molar refractivity (Wildman–Crippen MR) is 74.5 cm³/mol. The second kappa shape index (κ2) is 7.02. The summed E-state index contributed by atoms with van der Waals surface area (Å²) in [6, 6.07) is 15.0. The van der Waals surface area contributed by atoms with Crippen LogP contribution in [0.25, 0.3) is 0 Å². The number of aryl methyl sites for hydroxylation is 1. The zero-order chi connectivity index (χ0) is 12.6. The minimum Gasteiger partial charge on any atom is -0.468 e. The second-order valence-electron chi connectivity index (χ2n) is 4.50. The molecule has 0 bridgehead atoms. The molecule has 1 atom stereocenters. The maximum atomic E-state index is 5.49. The Kier molecular flexibility index (Phi) is 5.03. The Morgan fingerprint density at radius 2 is 1.94 bits per heavy atom. The average Bonchev–Trinajstić information content (AvgIpc) is 2.93. The molecule has 1 heterocycles. The van der Waals surface area contributed by atoms with E-state index in [0.717, 1.165) is 25.1 Å². The lowest BCUT2D eigenvalue weighted by Gasteiger charge is -2.15. The zero-order valence-corrected chi connectivity index (χ0v) is 10.9. The van der Waals surface area contributed by atoms with Gasteiger partial charge < -0.3 is 9.73 Å². The Hall–Kier alpha value is -1.54. The molecule has 0 aliphatic heterocycles. The third-order valence-electron chi connectivity index (χ3n) is 3.14. The summed E-state index contributed by atoms with van der Waals surface area (Å²) in [4.78, 5) is 0. The molecule has 0 fully saturated rings. The smallest absolute Gasteiger partial charge is 0.120 e. The molecular formula is C16H21NO. The van der Waals surface area contributed by atoms with Crippen LogP contribution in [0.5, 0.6) is 0 Å². The van der Waals surface area contributed by atoms with Crippen LogP contribution in [-0.2, 0) is 6.42 Å². The van der Waals surface area contributed by atoms with Gasteiger partial charge in [-0.05, 0) is 43.5 Å². The van der Waals surface area contributed by atoms with Gasteiger partial charge in [0.1, 0.15) is 5.76 Å². The highest BCUT2D eigenvalue weighted by Gasteiger charge is 2.12. The van der Waals surface area contributed by atoms with Crippen molar-refractivity contribution in [1.82, 2.24) is 5.32 Å². The average molecular weight is 243 g/mol. The first-order valence-corrected chi connectivity index (χ1v) is 6.71. The molecule has 0 saturated heterocycles. The van der Waals surface area contributed by atoms with E-state index in [2.05, 4.69) is 48.6 Å². The Morgan fingerprint density at radius 1 is 1.11 bits per heavy atom. The maximum Gasteiger partial charge on any atom is 0.120 e. The Morgan fingerprint density at radius 3 is 2.61 bits per heavy atom. The molecule has 0 saturated carbocycles. The fourth-order valence-corrected chi connectivity index (χ4v) is 2.24. The van der Waals surface area contributed by atoms with Gasteiger partial charge in [-0.2, -0.15) is 0 Å². The molecule has 2 aromatic rings. The first-order valence-electron chi connectivity index (χ1n) is 6.71. The van der Waals surface area contributed by atoms with E-state index in [0.29, 0.717) is 6.04 Å². The minimum absolute atomic E-state index is 0.341. The number of nitrogens with one attached hydrogen (secondary N) is 1. The van der Waals surface area contributed by atoms with Gasteiger partial charge in [0, 0.05) is 0 Å². The van der Waals surface area contributed by atoms with E-state index in [-0.39, 0.29) is 0 Å². The van der Waals surface area contributed by atoms with Crippen molar-refractivity contribution in [3.63, 3.8) is 0 Å². The SMILES string of the molecule is CCNC(CCCc1ccccc1)c1ccco1. The van der Waals surface area contributed by atoms with Crippen molar-refractivity contribution in [3.05, 3.63) is 60.1 Å². The summed E-state index contributed by atoms with van der Waals surface area (Å²) in [6.07, 6.45) is 5.15. The highest BCUT2D eigenvalue weighted by molar-refractivity contribution is 5.14. The van der Waals surface area contributed by atoms with E-state index in [1.165, 1.54) is 12.0 Å². The molecule has 18 heavy (non-hydrogen) atoms. The predicted octanol–water partition coefficient (Wildman–Crippen LogP) is 3.95. The van der Waals surface area contributed by atoms with Gasteiger partial charge in [-0.25, -0.2) is 0 Å². The van der Waals surface area contributed by atoms with Gasteiger partial charge in [-0.15, -0.1) is 0 Å². The van der Waals surface area contributed by atoms with Crippen LogP contribution in [0.2, 0.25) is 0 Å². The first-order chi connectivity index (χ1) is 8.90. The van der Waals surface area contributed by atoms with Crippen molar-refractivity contribution in [2.45, 2.75) is 32.2 Å². The quantitative estimate of drug-likeness (QED) is 0.796. The highest BCUT2D eigenvalue weighted by atomic mass is 16.3. The Balaban J connectivity index is 1.83. The van der Waals surface area contributed by atoms with Crippen molar-refractivity contribution in [1.29, 1.82) is 0 Å². The van der Waals surface area contributed by atoms with E-state index in [1.54, 1.807) is 6.26 Å². The van der Waals surface area contributed by atoms with Crippen molar-refractivity contribution >= 4 is 0 Å². The lowest BCUT2D eigenvalue weighted by atomic mass is 10.0. The van der Waals surface area contributed by atoms with Crippen LogP contribution in [0.1, 0.15) is 37.1 Å². The van der Waals surface area contributed by atoms with Gasteiger partial charge in [0.2, 0.25) is 0 Å². The van der Waals surface area contributed by atoms with Crippen LogP contribution in [-0.4, -0.2) is 6.54 Å². The monoisotopic (exact) mass is 243 g/mol. The van der Waals surface area contributed by atoms with Crippen LogP contribution < -0.4 is 5.32 Å². The van der Waals surface area contributed by atoms with Crippen LogP contribution in [0.3, 0.4) is 0 Å². The van der Waals surface area contributed by atoms with Crippen LogP contribution >= 0.6 is 0 Å². The molecule has 0 spiro atoms. The van der Waals surface area contributed by atoms with E-state index >= 15 is 0 Å². The third kappa shape index (κ3) is 3.74. The molecule has 0 aliphatic rings. The topological polar surface area (TPSA) is 25.2 Å².